The number of amides is 1. The summed E-state index contributed by atoms with van der Waals surface area (Å²) < 4.78 is 13.3. The third-order valence-electron chi connectivity index (χ3n) is 5.87. The Hall–Kier alpha value is -3.16. The highest BCUT2D eigenvalue weighted by molar-refractivity contribution is 5.94. The number of nitrogens with zero attached hydrogens (tertiary/aromatic N) is 2. The molecule has 0 unspecified atom stereocenters. The van der Waals surface area contributed by atoms with Crippen LogP contribution in [0.2, 0.25) is 0 Å². The Balaban J connectivity index is 1.26. The second-order valence-electron chi connectivity index (χ2n) is 8.42. The van der Waals surface area contributed by atoms with E-state index >= 15 is 0 Å². The van der Waals surface area contributed by atoms with Crippen LogP contribution in [0.3, 0.4) is 0 Å². The zero-order valence-electron chi connectivity index (χ0n) is 19.1. The smallest absolute Gasteiger partial charge is 0.262 e. The van der Waals surface area contributed by atoms with E-state index in [-0.39, 0.29) is 18.3 Å². The van der Waals surface area contributed by atoms with Crippen molar-refractivity contribution in [3.8, 4) is 5.75 Å². The lowest BCUT2D eigenvalue weighted by molar-refractivity contribution is -0.118. The van der Waals surface area contributed by atoms with Crippen LogP contribution >= 0.6 is 0 Å². The summed E-state index contributed by atoms with van der Waals surface area (Å²) in [5.41, 5.74) is 2.98. The van der Waals surface area contributed by atoms with E-state index in [1.165, 1.54) is 0 Å². The summed E-state index contributed by atoms with van der Waals surface area (Å²) in [4.78, 5) is 25.9. The fourth-order valence-corrected chi connectivity index (χ4v) is 3.97. The molecule has 1 amide bonds. The number of hydrogen-bond acceptors (Lipinski definition) is 5. The molecule has 1 saturated heterocycles. The summed E-state index contributed by atoms with van der Waals surface area (Å²) in [6.45, 7) is 7.05. The lowest BCUT2D eigenvalue weighted by Gasteiger charge is -2.26. The van der Waals surface area contributed by atoms with Crippen LogP contribution in [-0.2, 0) is 27.3 Å². The molecule has 0 spiro atoms. The zero-order chi connectivity index (χ0) is 23.0. The quantitative estimate of drug-likeness (QED) is 0.513. The monoisotopic (exact) mass is 449 g/mol. The third kappa shape index (κ3) is 6.66. The second kappa shape index (κ2) is 11.1. The van der Waals surface area contributed by atoms with Crippen LogP contribution < -0.4 is 10.1 Å². The summed E-state index contributed by atoms with van der Waals surface area (Å²) in [7, 11) is 0. The van der Waals surface area contributed by atoms with Gasteiger partial charge in [0.15, 0.2) is 6.61 Å². The third-order valence-corrected chi connectivity index (χ3v) is 5.87. The number of fused-ring (bicyclic) bond motifs is 1. The van der Waals surface area contributed by atoms with Crippen molar-refractivity contribution in [1.29, 1.82) is 0 Å². The van der Waals surface area contributed by atoms with Crippen molar-refractivity contribution in [2.45, 2.75) is 26.3 Å². The van der Waals surface area contributed by atoms with Crippen LogP contribution in [0.4, 0.5) is 5.69 Å². The normalized spacial score (nSPS) is 14.3. The van der Waals surface area contributed by atoms with Gasteiger partial charge in [0.25, 0.3) is 5.91 Å². The first-order valence-electron chi connectivity index (χ1n) is 11.5. The van der Waals surface area contributed by atoms with E-state index in [0.29, 0.717) is 18.6 Å². The molecule has 2 heterocycles. The Morgan fingerprint density at radius 3 is 2.58 bits per heavy atom. The number of aryl methyl sites for hydroxylation is 1. The maximum absolute atomic E-state index is 12.4. The van der Waals surface area contributed by atoms with Gasteiger partial charge < -0.3 is 24.2 Å². The van der Waals surface area contributed by atoms with Crippen LogP contribution in [0.5, 0.6) is 5.75 Å². The number of carbonyl (C=O) groups excluding carboxylic acids is 2. The van der Waals surface area contributed by atoms with Crippen LogP contribution in [0.25, 0.3) is 10.9 Å². The first-order chi connectivity index (χ1) is 16.1. The van der Waals surface area contributed by atoms with Gasteiger partial charge in [-0.25, -0.2) is 0 Å². The number of ether oxygens (including phenoxy) is 2. The van der Waals surface area contributed by atoms with E-state index in [2.05, 4.69) is 27.0 Å². The molecule has 3 aromatic rings. The van der Waals surface area contributed by atoms with Gasteiger partial charge in [0.05, 0.1) is 13.2 Å². The number of hydrogen-bond donors (Lipinski definition) is 1. The molecule has 0 aliphatic carbocycles. The standard InChI is InChI=1S/C26H31N3O4/c1-20(30)2-3-21-4-7-24(8-5-21)33-19-26(31)27-23-6-9-25-22(18-23)10-11-29(25)13-12-28-14-16-32-17-15-28/h4-11,18H,2-3,12-17,19H2,1H3,(H,27,31). The molecule has 1 aromatic heterocycles. The first-order valence-corrected chi connectivity index (χ1v) is 11.5. The highest BCUT2D eigenvalue weighted by Crippen LogP contribution is 2.21. The maximum atomic E-state index is 12.4. The number of nitrogens with one attached hydrogen (secondary N) is 1. The summed E-state index contributed by atoms with van der Waals surface area (Å²) >= 11 is 0. The van der Waals surface area contributed by atoms with Crippen molar-refractivity contribution in [1.82, 2.24) is 9.47 Å². The van der Waals surface area contributed by atoms with E-state index < -0.39 is 0 Å². The molecule has 0 saturated carbocycles. The van der Waals surface area contributed by atoms with Crippen LogP contribution in [-0.4, -0.2) is 60.6 Å². The zero-order valence-corrected chi connectivity index (χ0v) is 19.1. The highest BCUT2D eigenvalue weighted by atomic mass is 16.5. The van der Waals surface area contributed by atoms with Crippen LogP contribution in [0.1, 0.15) is 18.9 Å². The summed E-state index contributed by atoms with van der Waals surface area (Å²) in [6.07, 6.45) is 3.34. The largest absolute Gasteiger partial charge is 0.484 e. The average Bonchev–Trinajstić information content (AvgIpc) is 3.23. The molecule has 1 aliphatic heterocycles. The Labute approximate surface area is 194 Å². The number of Topliss-reactive ketones (excluding diaryl/α,β-unsaturated/α-hetero) is 1. The Kier molecular flexibility index (Phi) is 7.75. The second-order valence-corrected chi connectivity index (χ2v) is 8.42. The topological polar surface area (TPSA) is 72.8 Å². The van der Waals surface area contributed by atoms with Gasteiger partial charge >= 0.3 is 0 Å². The molecule has 0 bridgehead atoms. The lowest BCUT2D eigenvalue weighted by Crippen LogP contribution is -2.38. The fourth-order valence-electron chi connectivity index (χ4n) is 3.97. The van der Waals surface area contributed by atoms with Crippen molar-refractivity contribution < 1.29 is 19.1 Å². The molecular formula is C26H31N3O4. The predicted octanol–water partition coefficient (Wildman–Crippen LogP) is 3.51. The minimum atomic E-state index is -0.207. The van der Waals surface area contributed by atoms with Gasteiger partial charge in [-0.3, -0.25) is 9.69 Å². The molecule has 1 aliphatic rings. The van der Waals surface area contributed by atoms with E-state index in [4.69, 9.17) is 9.47 Å². The predicted molar refractivity (Wildman–Crippen MR) is 129 cm³/mol. The minimum absolute atomic E-state index is 0.0641. The Morgan fingerprint density at radius 2 is 1.82 bits per heavy atom. The molecule has 174 valence electrons. The fraction of sp³-hybridized carbons (Fsp3) is 0.385. The van der Waals surface area contributed by atoms with Crippen LogP contribution in [0.15, 0.2) is 54.7 Å². The lowest BCUT2D eigenvalue weighted by atomic mass is 10.1. The van der Waals surface area contributed by atoms with Crippen LogP contribution in [0, 0.1) is 0 Å². The number of morpholine rings is 1. The minimum Gasteiger partial charge on any atom is -0.484 e. The number of aromatic nitrogens is 1. The van der Waals surface area contributed by atoms with Gasteiger partial charge in [-0.1, -0.05) is 12.1 Å². The van der Waals surface area contributed by atoms with Gasteiger partial charge in [-0.15, -0.1) is 0 Å². The van der Waals surface area contributed by atoms with E-state index in [1.54, 1.807) is 6.92 Å². The molecule has 7 heteroatoms. The average molecular weight is 450 g/mol. The van der Waals surface area contributed by atoms with Gasteiger partial charge in [-0.2, -0.15) is 0 Å². The molecule has 2 aromatic carbocycles. The number of carbonyl (C=O) groups is 2. The molecule has 0 radical (unpaired) electrons. The van der Waals surface area contributed by atoms with E-state index in [0.717, 1.165) is 61.5 Å². The maximum Gasteiger partial charge on any atom is 0.262 e. The molecule has 33 heavy (non-hydrogen) atoms. The van der Waals surface area contributed by atoms with E-state index in [1.807, 2.05) is 42.5 Å². The number of rotatable bonds is 10. The van der Waals surface area contributed by atoms with Crippen molar-refractivity contribution in [2.24, 2.45) is 0 Å². The van der Waals surface area contributed by atoms with Crippen molar-refractivity contribution in [3.63, 3.8) is 0 Å². The molecule has 1 N–H and O–H groups in total. The highest BCUT2D eigenvalue weighted by Gasteiger charge is 2.11. The van der Waals surface area contributed by atoms with Gasteiger partial charge in [0.1, 0.15) is 11.5 Å². The summed E-state index contributed by atoms with van der Waals surface area (Å²) in [6, 6.07) is 15.5. The summed E-state index contributed by atoms with van der Waals surface area (Å²) in [5.74, 6) is 0.598. The molecule has 1 fully saturated rings. The van der Waals surface area contributed by atoms with Crippen molar-refractivity contribution >= 4 is 28.3 Å². The van der Waals surface area contributed by atoms with Gasteiger partial charge in [0, 0.05) is 55.4 Å². The number of ketones is 1. The van der Waals surface area contributed by atoms with Gasteiger partial charge in [-0.05, 0) is 55.3 Å². The number of benzene rings is 2. The molecule has 4 rings (SSSR count). The molecular weight excluding hydrogens is 418 g/mol. The SMILES string of the molecule is CC(=O)CCc1ccc(OCC(=O)Nc2ccc3c(ccn3CCN3CCOCC3)c2)cc1. The molecule has 7 nitrogen and oxygen atoms in total. The van der Waals surface area contributed by atoms with E-state index in [9.17, 15) is 9.59 Å². The first kappa shape index (κ1) is 23.0. The molecule has 0 atom stereocenters. The summed E-state index contributed by atoms with van der Waals surface area (Å²) in [5, 5.41) is 4.00. The van der Waals surface area contributed by atoms with Crippen molar-refractivity contribution in [3.05, 3.63) is 60.3 Å². The van der Waals surface area contributed by atoms with Crippen molar-refractivity contribution in [2.75, 3.05) is 44.8 Å². The Morgan fingerprint density at radius 1 is 1.03 bits per heavy atom. The Bertz CT molecular complexity index is 1080. The van der Waals surface area contributed by atoms with Gasteiger partial charge in [0.2, 0.25) is 0 Å². The number of anilines is 1.